The molecule has 1 saturated heterocycles. The van der Waals surface area contributed by atoms with Crippen molar-refractivity contribution in [3.63, 3.8) is 0 Å². The molecule has 1 aromatic rings. The number of carboxylic acids is 1. The minimum absolute atomic E-state index is 0.0935. The summed E-state index contributed by atoms with van der Waals surface area (Å²) in [6, 6.07) is 0. The zero-order valence-electron chi connectivity index (χ0n) is 13.6. The first-order valence-electron chi connectivity index (χ1n) is 7.05. The first-order chi connectivity index (χ1) is 10.5. The molecular formula is C13H21N5O4S. The molecule has 128 valence electrons. The van der Waals surface area contributed by atoms with Gasteiger partial charge in [0.1, 0.15) is 5.60 Å². The molecule has 0 atom stereocenters. The molecule has 1 aliphatic heterocycles. The van der Waals surface area contributed by atoms with Crippen LogP contribution in [0, 0.1) is 0 Å². The third-order valence-electron chi connectivity index (χ3n) is 3.26. The first kappa shape index (κ1) is 17.4. The lowest BCUT2D eigenvalue weighted by atomic mass is 9.95. The van der Waals surface area contributed by atoms with Crippen LogP contribution in [0.3, 0.4) is 0 Å². The van der Waals surface area contributed by atoms with E-state index < -0.39 is 22.4 Å². The van der Waals surface area contributed by atoms with Crippen LogP contribution in [0.4, 0.5) is 10.7 Å². The Morgan fingerprint density at radius 2 is 2.00 bits per heavy atom. The smallest absolute Gasteiger partial charge is 0.410 e. The first-order valence-corrected chi connectivity index (χ1v) is 7.87. The number of anilines is 1. The second-order valence-electron chi connectivity index (χ2n) is 6.59. The summed E-state index contributed by atoms with van der Waals surface area (Å²) in [7, 11) is 1.70. The molecule has 0 saturated carbocycles. The number of carbonyl (C=O) groups is 2. The number of nitrogens with two attached hydrogens (primary N) is 1. The Hall–Kier alpha value is -1.97. The Morgan fingerprint density at radius 1 is 1.39 bits per heavy atom. The fraction of sp³-hybridized carbons (Fsp3) is 0.692. The van der Waals surface area contributed by atoms with Gasteiger partial charge in [0.15, 0.2) is 5.16 Å². The number of nitrogens with zero attached hydrogens (tertiary/aromatic N) is 4. The highest BCUT2D eigenvalue weighted by Crippen LogP contribution is 2.42. The minimum Gasteiger partial charge on any atom is -0.481 e. The van der Waals surface area contributed by atoms with Gasteiger partial charge < -0.3 is 20.5 Å². The van der Waals surface area contributed by atoms with Crippen molar-refractivity contribution in [3.8, 4) is 0 Å². The molecule has 9 nitrogen and oxygen atoms in total. The summed E-state index contributed by atoms with van der Waals surface area (Å²) in [5.74, 6) is -0.683. The highest BCUT2D eigenvalue weighted by molar-refractivity contribution is 8.00. The average molecular weight is 343 g/mol. The molecule has 23 heavy (non-hydrogen) atoms. The Kier molecular flexibility index (Phi) is 4.47. The van der Waals surface area contributed by atoms with Gasteiger partial charge in [0.05, 0.1) is 11.2 Å². The summed E-state index contributed by atoms with van der Waals surface area (Å²) in [5, 5.41) is 17.4. The van der Waals surface area contributed by atoms with Crippen LogP contribution in [-0.4, -0.2) is 60.3 Å². The van der Waals surface area contributed by atoms with Crippen molar-refractivity contribution in [2.45, 2.75) is 42.7 Å². The largest absolute Gasteiger partial charge is 0.481 e. The van der Waals surface area contributed by atoms with E-state index in [1.807, 2.05) is 0 Å². The standard InChI is InChI=1S/C13H21N5O4S/c1-12(2,3)22-11(21)18-6-13(7-18,5-8(19)20)23-10-16-15-9(14)17(10)4/h5-7H2,1-4H3,(H2,14,15)(H,19,20). The number of aliphatic carboxylic acids is 1. The maximum atomic E-state index is 12.0. The van der Waals surface area contributed by atoms with E-state index in [0.717, 1.165) is 0 Å². The number of hydrogen-bond donors (Lipinski definition) is 2. The molecule has 0 aromatic carbocycles. The van der Waals surface area contributed by atoms with Crippen molar-refractivity contribution in [1.29, 1.82) is 0 Å². The van der Waals surface area contributed by atoms with Gasteiger partial charge in [0.25, 0.3) is 0 Å². The number of amides is 1. The Bertz CT molecular complexity index is 618. The van der Waals surface area contributed by atoms with Gasteiger partial charge in [-0.05, 0) is 20.8 Å². The van der Waals surface area contributed by atoms with Gasteiger partial charge in [0.2, 0.25) is 5.95 Å². The van der Waals surface area contributed by atoms with E-state index in [1.165, 1.54) is 16.7 Å². The van der Waals surface area contributed by atoms with E-state index in [2.05, 4.69) is 10.2 Å². The summed E-state index contributed by atoms with van der Waals surface area (Å²) >= 11 is 1.27. The molecule has 2 rings (SSSR count). The zero-order chi connectivity index (χ0) is 17.4. The molecule has 0 radical (unpaired) electrons. The van der Waals surface area contributed by atoms with Gasteiger partial charge >= 0.3 is 12.1 Å². The lowest BCUT2D eigenvalue weighted by Crippen LogP contribution is -2.63. The molecule has 3 N–H and O–H groups in total. The van der Waals surface area contributed by atoms with Crippen LogP contribution in [-0.2, 0) is 16.6 Å². The van der Waals surface area contributed by atoms with Gasteiger partial charge in [-0.25, -0.2) is 4.79 Å². The molecule has 10 heteroatoms. The van der Waals surface area contributed by atoms with Crippen LogP contribution < -0.4 is 5.73 Å². The lowest BCUT2D eigenvalue weighted by molar-refractivity contribution is -0.138. The summed E-state index contributed by atoms with van der Waals surface area (Å²) in [5.41, 5.74) is 5.05. The number of rotatable bonds is 4. The van der Waals surface area contributed by atoms with Crippen LogP contribution in [0.1, 0.15) is 27.2 Å². The quantitative estimate of drug-likeness (QED) is 0.828. The zero-order valence-corrected chi connectivity index (χ0v) is 14.4. The summed E-state index contributed by atoms with van der Waals surface area (Å²) in [6.45, 7) is 5.89. The number of carbonyl (C=O) groups excluding carboxylic acids is 1. The SMILES string of the molecule is Cn1c(N)nnc1SC1(CC(=O)O)CN(C(=O)OC(C)(C)C)C1. The normalized spacial score (nSPS) is 16.8. The number of hydrogen-bond acceptors (Lipinski definition) is 7. The molecule has 0 spiro atoms. The van der Waals surface area contributed by atoms with E-state index in [4.69, 9.17) is 15.6 Å². The summed E-state index contributed by atoms with van der Waals surface area (Å²) in [4.78, 5) is 24.7. The topological polar surface area (TPSA) is 124 Å². The molecule has 0 bridgehead atoms. The number of carboxylic acid groups (broad SMARTS) is 1. The van der Waals surface area contributed by atoms with Crippen molar-refractivity contribution >= 4 is 29.8 Å². The maximum Gasteiger partial charge on any atom is 0.410 e. The monoisotopic (exact) mass is 343 g/mol. The highest BCUT2D eigenvalue weighted by atomic mass is 32.2. The van der Waals surface area contributed by atoms with Gasteiger partial charge in [-0.15, -0.1) is 10.2 Å². The second kappa shape index (κ2) is 5.91. The van der Waals surface area contributed by atoms with Crippen LogP contribution in [0.15, 0.2) is 5.16 Å². The van der Waals surface area contributed by atoms with Crippen LogP contribution in [0.2, 0.25) is 0 Å². The highest BCUT2D eigenvalue weighted by Gasteiger charge is 2.49. The van der Waals surface area contributed by atoms with Gasteiger partial charge in [-0.1, -0.05) is 11.8 Å². The predicted octanol–water partition coefficient (Wildman–Crippen LogP) is 0.954. The molecule has 1 amide bonds. The average Bonchev–Trinajstić information content (AvgIpc) is 2.64. The van der Waals surface area contributed by atoms with Crippen LogP contribution >= 0.6 is 11.8 Å². The van der Waals surface area contributed by atoms with E-state index in [0.29, 0.717) is 5.16 Å². The van der Waals surface area contributed by atoms with E-state index in [9.17, 15) is 9.59 Å². The van der Waals surface area contributed by atoms with Crippen molar-refractivity contribution in [3.05, 3.63) is 0 Å². The number of ether oxygens (including phenoxy) is 1. The molecule has 2 heterocycles. The summed E-state index contributed by atoms with van der Waals surface area (Å²) in [6.07, 6.45) is -0.541. The third kappa shape index (κ3) is 4.06. The van der Waals surface area contributed by atoms with Crippen molar-refractivity contribution in [2.24, 2.45) is 7.05 Å². The van der Waals surface area contributed by atoms with Crippen LogP contribution in [0.5, 0.6) is 0 Å². The molecule has 1 aromatic heterocycles. The molecule has 1 aliphatic rings. The van der Waals surface area contributed by atoms with Gasteiger partial charge in [-0.3, -0.25) is 9.36 Å². The number of thioether (sulfide) groups is 1. The minimum atomic E-state index is -0.934. The molecule has 0 unspecified atom stereocenters. The molecule has 0 aliphatic carbocycles. The number of likely N-dealkylation sites (tertiary alicyclic amines) is 1. The number of nitrogen functional groups attached to an aromatic ring is 1. The Labute approximate surface area is 138 Å². The van der Waals surface area contributed by atoms with E-state index in [1.54, 1.807) is 32.4 Å². The lowest BCUT2D eigenvalue weighted by Gasteiger charge is -2.48. The Balaban J connectivity index is 2.07. The van der Waals surface area contributed by atoms with E-state index in [-0.39, 0.29) is 25.5 Å². The van der Waals surface area contributed by atoms with Crippen molar-refractivity contribution in [1.82, 2.24) is 19.7 Å². The number of aromatic nitrogens is 3. The van der Waals surface area contributed by atoms with Crippen molar-refractivity contribution < 1.29 is 19.4 Å². The second-order valence-corrected chi connectivity index (χ2v) is 8.03. The van der Waals surface area contributed by atoms with Gasteiger partial charge in [0, 0.05) is 20.1 Å². The van der Waals surface area contributed by atoms with E-state index >= 15 is 0 Å². The van der Waals surface area contributed by atoms with Crippen LogP contribution in [0.25, 0.3) is 0 Å². The maximum absolute atomic E-state index is 12.0. The summed E-state index contributed by atoms with van der Waals surface area (Å²) < 4.78 is 6.23. The third-order valence-corrected chi connectivity index (χ3v) is 4.63. The Morgan fingerprint density at radius 3 is 2.43 bits per heavy atom. The predicted molar refractivity (Wildman–Crippen MR) is 84.1 cm³/mol. The fourth-order valence-corrected chi connectivity index (χ4v) is 3.54. The van der Waals surface area contributed by atoms with Gasteiger partial charge in [-0.2, -0.15) is 0 Å². The fourth-order valence-electron chi connectivity index (χ4n) is 2.20. The van der Waals surface area contributed by atoms with Crippen molar-refractivity contribution in [2.75, 3.05) is 18.8 Å². The molecule has 1 fully saturated rings. The molecular weight excluding hydrogens is 322 g/mol.